The maximum absolute atomic E-state index is 9.59. The lowest BCUT2D eigenvalue weighted by molar-refractivity contribution is 0.230. The molecule has 0 aliphatic carbocycles. The van der Waals surface area contributed by atoms with Gasteiger partial charge in [-0.15, -0.1) is 0 Å². The highest BCUT2D eigenvalue weighted by atomic mass is 16.5. The monoisotopic (exact) mass is 347 g/mol. The van der Waals surface area contributed by atoms with Crippen LogP contribution in [0.4, 0.5) is 0 Å². The molecule has 0 aliphatic rings. The van der Waals surface area contributed by atoms with Gasteiger partial charge in [0.05, 0.1) is 29.8 Å². The maximum atomic E-state index is 9.59. The molecule has 0 saturated carbocycles. The van der Waals surface area contributed by atoms with Crippen molar-refractivity contribution in [2.24, 2.45) is 0 Å². The van der Waals surface area contributed by atoms with Gasteiger partial charge in [0.15, 0.2) is 11.5 Å². The second-order valence-electron chi connectivity index (χ2n) is 6.35. The van der Waals surface area contributed by atoms with Gasteiger partial charge in [-0.25, -0.2) is 4.98 Å². The molecule has 0 unspecified atom stereocenters. The molecule has 26 heavy (non-hydrogen) atoms. The van der Waals surface area contributed by atoms with Gasteiger partial charge < -0.3 is 14.5 Å². The molecule has 0 spiro atoms. The normalized spacial score (nSPS) is 11.6. The quantitative estimate of drug-likeness (QED) is 0.677. The predicted octanol–water partition coefficient (Wildman–Crippen LogP) is 4.73. The molecule has 0 radical (unpaired) electrons. The summed E-state index contributed by atoms with van der Waals surface area (Å²) in [5.41, 5.74) is 4.19. The van der Waals surface area contributed by atoms with E-state index in [2.05, 4.69) is 16.0 Å². The van der Waals surface area contributed by atoms with E-state index in [4.69, 9.17) is 9.47 Å². The number of allylic oxidation sites excluding steroid dienone is 1. The molecule has 0 aliphatic heterocycles. The van der Waals surface area contributed by atoms with Crippen LogP contribution in [0.1, 0.15) is 30.8 Å². The Morgan fingerprint density at radius 3 is 2.69 bits per heavy atom. The molecule has 0 fully saturated rings. The number of fused-ring (bicyclic) bond motifs is 1. The van der Waals surface area contributed by atoms with Gasteiger partial charge in [-0.05, 0) is 62.2 Å². The lowest BCUT2D eigenvalue weighted by atomic mass is 10.1. The van der Waals surface area contributed by atoms with Crippen LogP contribution in [-0.2, 0) is 0 Å². The fraction of sp³-hybridized carbons (Fsp3) is 0.238. The first-order valence-electron chi connectivity index (χ1n) is 8.43. The van der Waals surface area contributed by atoms with Gasteiger partial charge in [-0.2, -0.15) is 5.26 Å². The molecule has 5 nitrogen and oxygen atoms in total. The molecular weight excluding hydrogens is 326 g/mol. The fourth-order valence-electron chi connectivity index (χ4n) is 2.70. The Morgan fingerprint density at radius 1 is 1.19 bits per heavy atom. The van der Waals surface area contributed by atoms with E-state index in [0.717, 1.165) is 22.2 Å². The lowest BCUT2D eigenvalue weighted by Gasteiger charge is -2.13. The summed E-state index contributed by atoms with van der Waals surface area (Å²) in [5.74, 6) is 1.86. The third kappa shape index (κ3) is 3.70. The Labute approximate surface area is 152 Å². The highest BCUT2D eigenvalue weighted by Gasteiger charge is 2.10. The van der Waals surface area contributed by atoms with E-state index in [0.29, 0.717) is 22.9 Å². The first kappa shape index (κ1) is 17.6. The largest absolute Gasteiger partial charge is 0.493 e. The molecule has 2 aromatic carbocycles. The highest BCUT2D eigenvalue weighted by Crippen LogP contribution is 2.30. The van der Waals surface area contributed by atoms with Gasteiger partial charge in [-0.1, -0.05) is 12.1 Å². The number of nitriles is 1. The summed E-state index contributed by atoms with van der Waals surface area (Å²) in [5, 5.41) is 9.59. The van der Waals surface area contributed by atoms with Crippen LogP contribution < -0.4 is 9.47 Å². The number of imidazole rings is 1. The summed E-state index contributed by atoms with van der Waals surface area (Å²) < 4.78 is 11.1. The minimum absolute atomic E-state index is 0.0546. The van der Waals surface area contributed by atoms with Gasteiger partial charge in [-0.3, -0.25) is 0 Å². The second kappa shape index (κ2) is 7.32. The number of nitrogens with one attached hydrogen (secondary N) is 1. The van der Waals surface area contributed by atoms with E-state index in [1.54, 1.807) is 13.2 Å². The average molecular weight is 347 g/mol. The zero-order valence-corrected chi connectivity index (χ0v) is 15.3. The van der Waals surface area contributed by atoms with Crippen molar-refractivity contribution in [1.82, 2.24) is 9.97 Å². The Kier molecular flexibility index (Phi) is 4.94. The van der Waals surface area contributed by atoms with Gasteiger partial charge >= 0.3 is 0 Å². The molecule has 0 saturated heterocycles. The Morgan fingerprint density at radius 2 is 2.00 bits per heavy atom. The first-order chi connectivity index (χ1) is 12.5. The zero-order valence-electron chi connectivity index (χ0n) is 15.3. The van der Waals surface area contributed by atoms with Crippen LogP contribution in [-0.4, -0.2) is 23.2 Å². The molecule has 0 bridgehead atoms. The average Bonchev–Trinajstić information content (AvgIpc) is 3.03. The fourth-order valence-corrected chi connectivity index (χ4v) is 2.70. The Bertz CT molecular complexity index is 1010. The van der Waals surface area contributed by atoms with Crippen LogP contribution in [0.25, 0.3) is 22.7 Å². The number of rotatable bonds is 5. The number of hydrogen-bond donors (Lipinski definition) is 1. The molecule has 3 rings (SSSR count). The third-order valence-electron chi connectivity index (χ3n) is 3.87. The minimum Gasteiger partial charge on any atom is -0.493 e. The number of aromatic nitrogens is 2. The predicted molar refractivity (Wildman–Crippen MR) is 103 cm³/mol. The summed E-state index contributed by atoms with van der Waals surface area (Å²) in [6.07, 6.45) is 1.84. The van der Waals surface area contributed by atoms with Crippen LogP contribution in [0.5, 0.6) is 11.5 Å². The second-order valence-corrected chi connectivity index (χ2v) is 6.35. The van der Waals surface area contributed by atoms with Crippen molar-refractivity contribution in [3.8, 4) is 17.6 Å². The SMILES string of the molecule is COc1cc(C=C(C#N)c2nc3ccc(C)cc3[nH]2)ccc1OC(C)C. The van der Waals surface area contributed by atoms with Crippen molar-refractivity contribution < 1.29 is 9.47 Å². The molecule has 132 valence electrons. The first-order valence-corrected chi connectivity index (χ1v) is 8.43. The standard InChI is InChI=1S/C21H21N3O2/c1-13(2)26-19-8-6-15(11-20(19)25-4)10-16(12-22)21-23-17-7-5-14(3)9-18(17)24-21/h5-11,13H,1-4H3,(H,23,24). The van der Waals surface area contributed by atoms with E-state index in [1.165, 1.54) is 0 Å². The Hall–Kier alpha value is -3.26. The number of aryl methyl sites for hydroxylation is 1. The number of H-pyrrole nitrogens is 1. The molecule has 0 atom stereocenters. The van der Waals surface area contributed by atoms with Gasteiger partial charge in [0.1, 0.15) is 11.9 Å². The number of aromatic amines is 1. The molecule has 5 heteroatoms. The molecule has 0 amide bonds. The number of ether oxygens (including phenoxy) is 2. The van der Waals surface area contributed by atoms with Gasteiger partial charge in [0.2, 0.25) is 0 Å². The minimum atomic E-state index is 0.0546. The van der Waals surface area contributed by atoms with E-state index in [1.807, 2.05) is 57.2 Å². The summed E-state index contributed by atoms with van der Waals surface area (Å²) in [6, 6.07) is 13.8. The van der Waals surface area contributed by atoms with Crippen molar-refractivity contribution in [3.63, 3.8) is 0 Å². The third-order valence-corrected chi connectivity index (χ3v) is 3.87. The molecular formula is C21H21N3O2. The number of nitrogens with zero attached hydrogens (tertiary/aromatic N) is 2. The van der Waals surface area contributed by atoms with Crippen LogP contribution in [0.3, 0.4) is 0 Å². The molecule has 1 aromatic heterocycles. The van der Waals surface area contributed by atoms with E-state index in [9.17, 15) is 5.26 Å². The van der Waals surface area contributed by atoms with E-state index >= 15 is 0 Å². The smallest absolute Gasteiger partial charge is 0.161 e. The van der Waals surface area contributed by atoms with Crippen LogP contribution in [0.2, 0.25) is 0 Å². The summed E-state index contributed by atoms with van der Waals surface area (Å²) in [4.78, 5) is 7.73. The summed E-state index contributed by atoms with van der Waals surface area (Å²) >= 11 is 0. The topological polar surface area (TPSA) is 70.9 Å². The maximum Gasteiger partial charge on any atom is 0.161 e. The number of methoxy groups -OCH3 is 1. The lowest BCUT2D eigenvalue weighted by Crippen LogP contribution is -2.06. The van der Waals surface area contributed by atoms with Crippen molar-refractivity contribution >= 4 is 22.7 Å². The molecule has 1 N–H and O–H groups in total. The van der Waals surface area contributed by atoms with Crippen molar-refractivity contribution in [1.29, 1.82) is 5.26 Å². The van der Waals surface area contributed by atoms with Crippen molar-refractivity contribution in [2.45, 2.75) is 26.9 Å². The van der Waals surface area contributed by atoms with Crippen LogP contribution in [0.15, 0.2) is 36.4 Å². The number of hydrogen-bond acceptors (Lipinski definition) is 4. The summed E-state index contributed by atoms with van der Waals surface area (Å²) in [6.45, 7) is 5.95. The van der Waals surface area contributed by atoms with Gasteiger partial charge in [0, 0.05) is 0 Å². The molecule has 3 aromatic rings. The highest BCUT2D eigenvalue weighted by molar-refractivity contribution is 5.90. The van der Waals surface area contributed by atoms with Crippen LogP contribution in [0, 0.1) is 18.3 Å². The zero-order chi connectivity index (χ0) is 18.7. The van der Waals surface area contributed by atoms with Crippen molar-refractivity contribution in [2.75, 3.05) is 7.11 Å². The van der Waals surface area contributed by atoms with Crippen molar-refractivity contribution in [3.05, 3.63) is 53.3 Å². The Balaban J connectivity index is 1.99. The van der Waals surface area contributed by atoms with E-state index < -0.39 is 0 Å². The van der Waals surface area contributed by atoms with E-state index in [-0.39, 0.29) is 6.10 Å². The van der Waals surface area contributed by atoms with Gasteiger partial charge in [0.25, 0.3) is 0 Å². The number of benzene rings is 2. The van der Waals surface area contributed by atoms with Crippen LogP contribution >= 0.6 is 0 Å². The summed E-state index contributed by atoms with van der Waals surface area (Å²) in [7, 11) is 1.60. The molecule has 1 heterocycles.